The maximum absolute atomic E-state index is 13.0. The summed E-state index contributed by atoms with van der Waals surface area (Å²) in [6.45, 7) is 10.3. The molecule has 6 heteroatoms. The van der Waals surface area contributed by atoms with Crippen LogP contribution < -0.4 is 0 Å². The van der Waals surface area contributed by atoms with Gasteiger partial charge in [0.05, 0.1) is 0 Å². The Morgan fingerprint density at radius 1 is 1.19 bits per heavy atom. The smallest absolute Gasteiger partial charge is 0.319 e. The second-order valence-corrected chi connectivity index (χ2v) is 8.85. The maximum Gasteiger partial charge on any atom is 0.319 e. The zero-order valence-corrected chi connectivity index (χ0v) is 17.3. The van der Waals surface area contributed by atoms with E-state index in [0.717, 1.165) is 19.1 Å². The van der Waals surface area contributed by atoms with E-state index in [0.29, 0.717) is 38.7 Å². The molecule has 1 fully saturated rings. The Labute approximate surface area is 158 Å². The number of unbranched alkanes of at least 4 members (excludes halogenated alkanes) is 1. The average molecular weight is 372 g/mol. The van der Waals surface area contributed by atoms with Crippen LogP contribution >= 0.6 is 0 Å². The summed E-state index contributed by atoms with van der Waals surface area (Å²) in [5, 5.41) is 11.8. The van der Waals surface area contributed by atoms with Gasteiger partial charge < -0.3 is 19.5 Å². The van der Waals surface area contributed by atoms with E-state index in [9.17, 15) is 14.8 Å². The highest BCUT2D eigenvalue weighted by molar-refractivity contribution is 5.93. The first-order valence-electron chi connectivity index (χ1n) is 9.70. The van der Waals surface area contributed by atoms with Crippen LogP contribution in [0.2, 0.25) is 0 Å². The van der Waals surface area contributed by atoms with Crippen molar-refractivity contribution in [2.24, 2.45) is 5.41 Å². The van der Waals surface area contributed by atoms with Crippen molar-refractivity contribution in [1.82, 2.24) is 5.06 Å². The van der Waals surface area contributed by atoms with Crippen LogP contribution in [0.1, 0.15) is 79.6 Å². The minimum Gasteiger partial charge on any atom is -0.461 e. The number of methoxy groups -OCH3 is 1. The Bertz CT molecular complexity index is 459. The van der Waals surface area contributed by atoms with Gasteiger partial charge in [-0.2, -0.15) is 5.06 Å². The number of esters is 1. The third kappa shape index (κ3) is 5.51. The largest absolute Gasteiger partial charge is 0.461 e. The number of carbonyl (C=O) groups excluding carboxylic acids is 2. The first-order valence-corrected chi connectivity index (χ1v) is 9.70. The summed E-state index contributed by atoms with van der Waals surface area (Å²) < 4.78 is 10.9. The molecule has 0 aromatic rings. The van der Waals surface area contributed by atoms with Crippen molar-refractivity contribution in [3.05, 3.63) is 0 Å². The zero-order valence-electron chi connectivity index (χ0n) is 17.3. The van der Waals surface area contributed by atoms with E-state index in [-0.39, 0.29) is 6.10 Å². The maximum atomic E-state index is 13.0. The number of hydrogen-bond donors (Lipinski definition) is 1. The molecule has 0 aromatic heterocycles. The molecule has 0 radical (unpaired) electrons. The van der Waals surface area contributed by atoms with Crippen LogP contribution in [-0.4, -0.2) is 53.4 Å². The van der Waals surface area contributed by atoms with Crippen LogP contribution in [-0.2, 0) is 19.1 Å². The van der Waals surface area contributed by atoms with E-state index in [2.05, 4.69) is 0 Å². The fourth-order valence-electron chi connectivity index (χ4n) is 4.05. The molecule has 1 aliphatic heterocycles. The van der Waals surface area contributed by atoms with E-state index < -0.39 is 22.5 Å². The molecule has 0 bridgehead atoms. The molecule has 0 spiro atoms. The molecule has 0 aliphatic carbocycles. The van der Waals surface area contributed by atoms with Crippen molar-refractivity contribution in [2.45, 2.75) is 96.7 Å². The highest BCUT2D eigenvalue weighted by Gasteiger charge is 2.48. The Hall–Kier alpha value is -0.980. The van der Waals surface area contributed by atoms with Crippen LogP contribution in [0, 0.1) is 5.41 Å². The number of ether oxygens (including phenoxy) is 2. The number of hydrogen-bond acceptors (Lipinski definition) is 6. The first-order chi connectivity index (χ1) is 12.0. The van der Waals surface area contributed by atoms with Crippen LogP contribution in [0.15, 0.2) is 0 Å². The number of piperidine rings is 1. The summed E-state index contributed by atoms with van der Waals surface area (Å²) in [5.74, 6) is -0.431. The van der Waals surface area contributed by atoms with Crippen LogP contribution in [0.4, 0.5) is 0 Å². The van der Waals surface area contributed by atoms with Crippen molar-refractivity contribution < 1.29 is 24.3 Å². The minimum atomic E-state index is -1.10. The van der Waals surface area contributed by atoms with Gasteiger partial charge in [0.15, 0.2) is 0 Å². The molecule has 152 valence electrons. The van der Waals surface area contributed by atoms with Gasteiger partial charge in [-0.1, -0.05) is 19.8 Å². The van der Waals surface area contributed by atoms with Crippen molar-refractivity contribution in [2.75, 3.05) is 13.7 Å². The molecule has 1 N–H and O–H groups in total. The van der Waals surface area contributed by atoms with Crippen molar-refractivity contribution in [1.29, 1.82) is 0 Å². The quantitative estimate of drug-likeness (QED) is 0.273. The monoisotopic (exact) mass is 371 g/mol. The number of aldehydes is 1. The summed E-state index contributed by atoms with van der Waals surface area (Å²) in [6.07, 6.45) is 4.80. The standard InChI is InChI=1S/C20H37NO5/c1-7-8-10-20(15-22,11-9-12-25-6)17(23)26-16-13-18(2,3)21(24)19(4,5)14-16/h15-16,24H,7-14H2,1-6H3. The van der Waals surface area contributed by atoms with E-state index in [1.54, 1.807) is 7.11 Å². The van der Waals surface area contributed by atoms with Crippen LogP contribution in [0.5, 0.6) is 0 Å². The topological polar surface area (TPSA) is 76.1 Å². The summed E-state index contributed by atoms with van der Waals surface area (Å²) in [7, 11) is 1.61. The zero-order chi connectivity index (χ0) is 20.0. The molecular formula is C20H37NO5. The first kappa shape index (κ1) is 23.1. The van der Waals surface area contributed by atoms with Gasteiger partial charge in [-0.05, 0) is 47.0 Å². The molecule has 1 rings (SSSR count). The van der Waals surface area contributed by atoms with E-state index in [1.807, 2.05) is 34.6 Å². The molecule has 6 nitrogen and oxygen atoms in total. The lowest BCUT2D eigenvalue weighted by Gasteiger charge is -2.51. The van der Waals surface area contributed by atoms with Gasteiger partial charge >= 0.3 is 5.97 Å². The van der Waals surface area contributed by atoms with Gasteiger partial charge in [-0.3, -0.25) is 4.79 Å². The number of nitrogens with zero attached hydrogens (tertiary/aromatic N) is 1. The van der Waals surface area contributed by atoms with Gasteiger partial charge in [-0.15, -0.1) is 0 Å². The van der Waals surface area contributed by atoms with Crippen LogP contribution in [0.25, 0.3) is 0 Å². The predicted molar refractivity (Wildman–Crippen MR) is 100 cm³/mol. The van der Waals surface area contributed by atoms with Gasteiger partial charge in [0.25, 0.3) is 0 Å². The Balaban J connectivity index is 2.92. The number of hydroxylamine groups is 2. The van der Waals surface area contributed by atoms with Crippen LogP contribution in [0.3, 0.4) is 0 Å². The lowest BCUT2D eigenvalue weighted by molar-refractivity contribution is -0.260. The van der Waals surface area contributed by atoms with Gasteiger partial charge in [0.2, 0.25) is 0 Å². The number of carbonyl (C=O) groups is 2. The minimum absolute atomic E-state index is 0.320. The predicted octanol–water partition coefficient (Wildman–Crippen LogP) is 3.74. The van der Waals surface area contributed by atoms with Crippen molar-refractivity contribution in [3.63, 3.8) is 0 Å². The average Bonchev–Trinajstić information content (AvgIpc) is 2.55. The summed E-state index contributed by atoms with van der Waals surface area (Å²) in [5.41, 5.74) is -2.11. The second kappa shape index (κ2) is 9.29. The highest BCUT2D eigenvalue weighted by Crippen LogP contribution is 2.39. The fourth-order valence-corrected chi connectivity index (χ4v) is 4.05. The Morgan fingerprint density at radius 3 is 2.19 bits per heavy atom. The molecular weight excluding hydrogens is 334 g/mol. The lowest BCUT2D eigenvalue weighted by Crippen LogP contribution is -2.61. The van der Waals surface area contributed by atoms with Gasteiger partial charge in [-0.25, -0.2) is 0 Å². The molecule has 1 aliphatic rings. The second-order valence-electron chi connectivity index (χ2n) is 8.85. The molecule has 0 aromatic carbocycles. The summed E-state index contributed by atoms with van der Waals surface area (Å²) in [6, 6.07) is 0. The third-order valence-electron chi connectivity index (χ3n) is 5.45. The summed E-state index contributed by atoms with van der Waals surface area (Å²) in [4.78, 5) is 24.9. The molecule has 26 heavy (non-hydrogen) atoms. The molecule has 1 unspecified atom stereocenters. The molecule has 0 saturated carbocycles. The normalized spacial score (nSPS) is 22.6. The van der Waals surface area contributed by atoms with Gasteiger partial charge in [0.1, 0.15) is 17.8 Å². The highest BCUT2D eigenvalue weighted by atomic mass is 16.6. The Kier molecular flexibility index (Phi) is 8.24. The van der Waals surface area contributed by atoms with Gasteiger partial charge in [0, 0.05) is 37.6 Å². The summed E-state index contributed by atoms with van der Waals surface area (Å²) >= 11 is 0. The molecule has 1 heterocycles. The molecule has 1 saturated heterocycles. The van der Waals surface area contributed by atoms with Crippen molar-refractivity contribution >= 4 is 12.3 Å². The molecule has 0 amide bonds. The lowest BCUT2D eigenvalue weighted by atomic mass is 9.78. The third-order valence-corrected chi connectivity index (χ3v) is 5.45. The van der Waals surface area contributed by atoms with E-state index in [4.69, 9.17) is 9.47 Å². The van der Waals surface area contributed by atoms with E-state index in [1.165, 1.54) is 5.06 Å². The van der Waals surface area contributed by atoms with Crippen molar-refractivity contribution in [3.8, 4) is 0 Å². The number of rotatable bonds is 10. The Morgan fingerprint density at radius 2 is 1.73 bits per heavy atom. The van der Waals surface area contributed by atoms with E-state index >= 15 is 0 Å². The molecule has 1 atom stereocenters. The SMILES string of the molecule is CCCCC(C=O)(CCCOC)C(=O)OC1CC(C)(C)N(O)C(C)(C)C1. The fraction of sp³-hybridized carbons (Fsp3) is 0.900.